The van der Waals surface area contributed by atoms with Gasteiger partial charge in [0.2, 0.25) is 11.8 Å². The minimum absolute atomic E-state index is 0. The van der Waals surface area contributed by atoms with Gasteiger partial charge in [0.1, 0.15) is 0 Å². The van der Waals surface area contributed by atoms with Crippen LogP contribution in [-0.4, -0.2) is 67.8 Å². The molecule has 2 amide bonds. The lowest BCUT2D eigenvalue weighted by atomic mass is 9.93. The van der Waals surface area contributed by atoms with Crippen LogP contribution in [0.2, 0.25) is 0 Å². The van der Waals surface area contributed by atoms with Gasteiger partial charge in [-0.2, -0.15) is 0 Å². The molecule has 7 nitrogen and oxygen atoms in total. The number of guanidine groups is 1. The predicted molar refractivity (Wildman–Crippen MR) is 125 cm³/mol. The van der Waals surface area contributed by atoms with E-state index >= 15 is 0 Å². The molecule has 2 N–H and O–H groups in total. The molecule has 0 aromatic heterocycles. The van der Waals surface area contributed by atoms with E-state index in [1.165, 1.54) is 11.1 Å². The first-order valence-corrected chi connectivity index (χ1v) is 10.1. The van der Waals surface area contributed by atoms with Crippen molar-refractivity contribution in [1.29, 1.82) is 0 Å². The number of amides is 2. The van der Waals surface area contributed by atoms with E-state index in [2.05, 4.69) is 38.7 Å². The second-order valence-electron chi connectivity index (χ2n) is 7.54. The number of hydrogen-bond acceptors (Lipinski definition) is 3. The fourth-order valence-corrected chi connectivity index (χ4v) is 4.02. The minimum atomic E-state index is 0. The number of halogens is 1. The quantitative estimate of drug-likeness (QED) is 0.365. The van der Waals surface area contributed by atoms with E-state index < -0.39 is 0 Å². The standard InChI is InChI=1S/C21H31N5O2.HI/c1-22-19(27)13-16-7-10-25(11-8-16)21(23-2)24-14-20(28)26-12-9-17-5-3-4-6-18(17)15-26;/h3-6,16H,7-15H2,1-2H3,(H,22,27)(H,23,24);1H. The molecule has 1 saturated heterocycles. The van der Waals surface area contributed by atoms with E-state index in [1.54, 1.807) is 14.1 Å². The van der Waals surface area contributed by atoms with Crippen molar-refractivity contribution in [2.24, 2.45) is 10.9 Å². The Bertz CT molecular complexity index is 732. The molecular formula is C21H32IN5O2. The molecule has 1 aromatic carbocycles. The van der Waals surface area contributed by atoms with Crippen LogP contribution < -0.4 is 10.6 Å². The van der Waals surface area contributed by atoms with Crippen molar-refractivity contribution < 1.29 is 9.59 Å². The number of nitrogens with zero attached hydrogens (tertiary/aromatic N) is 3. The third-order valence-corrected chi connectivity index (χ3v) is 5.76. The molecule has 0 unspecified atom stereocenters. The average molecular weight is 513 g/mol. The van der Waals surface area contributed by atoms with Crippen molar-refractivity contribution in [3.63, 3.8) is 0 Å². The van der Waals surface area contributed by atoms with Crippen molar-refractivity contribution in [3.05, 3.63) is 35.4 Å². The number of aliphatic imine (C=N–C) groups is 1. The Morgan fingerprint density at radius 2 is 1.79 bits per heavy atom. The highest BCUT2D eigenvalue weighted by atomic mass is 127. The third-order valence-electron chi connectivity index (χ3n) is 5.76. The van der Waals surface area contributed by atoms with Gasteiger partial charge in [-0.15, -0.1) is 24.0 Å². The number of nitrogens with one attached hydrogen (secondary N) is 2. The molecule has 0 aliphatic carbocycles. The summed E-state index contributed by atoms with van der Waals surface area (Å²) in [6.45, 7) is 3.41. The fourth-order valence-electron chi connectivity index (χ4n) is 4.02. The SMILES string of the molecule is CN=C(NCC(=O)N1CCc2ccccc2C1)N1CCC(CC(=O)NC)CC1.I. The van der Waals surface area contributed by atoms with E-state index in [1.807, 2.05) is 11.0 Å². The Hall–Kier alpha value is -1.84. The lowest BCUT2D eigenvalue weighted by molar-refractivity contribution is -0.131. The smallest absolute Gasteiger partial charge is 0.242 e. The summed E-state index contributed by atoms with van der Waals surface area (Å²) in [5, 5.41) is 5.93. The van der Waals surface area contributed by atoms with Crippen LogP contribution in [0.25, 0.3) is 0 Å². The maximum absolute atomic E-state index is 12.7. The number of rotatable bonds is 4. The van der Waals surface area contributed by atoms with E-state index in [0.717, 1.165) is 44.9 Å². The minimum Gasteiger partial charge on any atom is -0.359 e. The van der Waals surface area contributed by atoms with Gasteiger partial charge in [-0.1, -0.05) is 24.3 Å². The number of hydrogen-bond donors (Lipinski definition) is 2. The van der Waals surface area contributed by atoms with E-state index in [0.29, 0.717) is 18.9 Å². The van der Waals surface area contributed by atoms with Crippen molar-refractivity contribution in [1.82, 2.24) is 20.4 Å². The van der Waals surface area contributed by atoms with Gasteiger partial charge in [0.15, 0.2) is 5.96 Å². The monoisotopic (exact) mass is 513 g/mol. The van der Waals surface area contributed by atoms with E-state index in [-0.39, 0.29) is 42.3 Å². The molecule has 0 radical (unpaired) electrons. The highest BCUT2D eigenvalue weighted by Gasteiger charge is 2.24. The van der Waals surface area contributed by atoms with Crippen LogP contribution in [0.15, 0.2) is 29.3 Å². The molecule has 29 heavy (non-hydrogen) atoms. The van der Waals surface area contributed by atoms with Gasteiger partial charge in [-0.05, 0) is 36.3 Å². The molecule has 2 aliphatic rings. The van der Waals surface area contributed by atoms with Crippen LogP contribution in [0.1, 0.15) is 30.4 Å². The maximum Gasteiger partial charge on any atom is 0.242 e. The molecule has 0 atom stereocenters. The zero-order valence-electron chi connectivity index (χ0n) is 17.3. The van der Waals surface area contributed by atoms with Crippen LogP contribution in [0.4, 0.5) is 0 Å². The number of fused-ring (bicyclic) bond motifs is 1. The number of benzene rings is 1. The van der Waals surface area contributed by atoms with E-state index in [9.17, 15) is 9.59 Å². The number of piperidine rings is 1. The second-order valence-corrected chi connectivity index (χ2v) is 7.54. The predicted octanol–water partition coefficient (Wildman–Crippen LogP) is 1.61. The van der Waals surface area contributed by atoms with Crippen molar-refractivity contribution in [2.45, 2.75) is 32.2 Å². The Kier molecular flexibility index (Phi) is 9.19. The first-order chi connectivity index (χ1) is 13.6. The summed E-state index contributed by atoms with van der Waals surface area (Å²) in [7, 11) is 3.43. The summed E-state index contributed by atoms with van der Waals surface area (Å²) in [4.78, 5) is 32.7. The van der Waals surface area contributed by atoms with Crippen LogP contribution in [0.5, 0.6) is 0 Å². The lowest BCUT2D eigenvalue weighted by Crippen LogP contribution is -2.49. The molecule has 0 spiro atoms. The molecule has 2 heterocycles. The van der Waals surface area contributed by atoms with Crippen LogP contribution in [-0.2, 0) is 22.6 Å². The highest BCUT2D eigenvalue weighted by Crippen LogP contribution is 2.21. The topological polar surface area (TPSA) is 77.0 Å². The number of carbonyl (C=O) groups excluding carboxylic acids is 2. The van der Waals surface area contributed by atoms with Gasteiger partial charge in [-0.25, -0.2) is 0 Å². The van der Waals surface area contributed by atoms with Crippen LogP contribution >= 0.6 is 24.0 Å². The second kappa shape index (κ2) is 11.4. The number of likely N-dealkylation sites (tertiary alicyclic amines) is 1. The van der Waals surface area contributed by atoms with Gasteiger partial charge in [-0.3, -0.25) is 14.6 Å². The summed E-state index contributed by atoms with van der Waals surface area (Å²) >= 11 is 0. The summed E-state index contributed by atoms with van der Waals surface area (Å²) in [6.07, 6.45) is 3.43. The molecule has 1 fully saturated rings. The first-order valence-electron chi connectivity index (χ1n) is 10.1. The number of carbonyl (C=O) groups is 2. The zero-order valence-corrected chi connectivity index (χ0v) is 19.6. The van der Waals surface area contributed by atoms with Crippen molar-refractivity contribution in [3.8, 4) is 0 Å². The van der Waals surface area contributed by atoms with Crippen molar-refractivity contribution >= 4 is 41.8 Å². The molecule has 3 rings (SSSR count). The summed E-state index contributed by atoms with van der Waals surface area (Å²) < 4.78 is 0. The molecule has 0 bridgehead atoms. The van der Waals surface area contributed by atoms with Gasteiger partial charge >= 0.3 is 0 Å². The van der Waals surface area contributed by atoms with Gasteiger partial charge < -0.3 is 20.4 Å². The average Bonchev–Trinajstić information content (AvgIpc) is 2.74. The van der Waals surface area contributed by atoms with Crippen LogP contribution in [0.3, 0.4) is 0 Å². The van der Waals surface area contributed by atoms with Crippen molar-refractivity contribution in [2.75, 3.05) is 40.3 Å². The lowest BCUT2D eigenvalue weighted by Gasteiger charge is -2.34. The molecular weight excluding hydrogens is 481 g/mol. The molecule has 2 aliphatic heterocycles. The summed E-state index contributed by atoms with van der Waals surface area (Å²) in [5.41, 5.74) is 2.58. The summed E-state index contributed by atoms with van der Waals surface area (Å²) in [5.74, 6) is 1.40. The largest absolute Gasteiger partial charge is 0.359 e. The Balaban J connectivity index is 0.00000300. The zero-order chi connectivity index (χ0) is 19.9. The van der Waals surface area contributed by atoms with Gasteiger partial charge in [0.25, 0.3) is 0 Å². The summed E-state index contributed by atoms with van der Waals surface area (Å²) in [6, 6.07) is 8.33. The molecule has 8 heteroatoms. The highest BCUT2D eigenvalue weighted by molar-refractivity contribution is 14.0. The normalized spacial score (nSPS) is 17.2. The van der Waals surface area contributed by atoms with Crippen LogP contribution in [0, 0.1) is 5.92 Å². The maximum atomic E-state index is 12.7. The Morgan fingerprint density at radius 3 is 2.45 bits per heavy atom. The molecule has 0 saturated carbocycles. The first kappa shape index (κ1) is 23.4. The Labute approximate surface area is 190 Å². The Morgan fingerprint density at radius 1 is 1.10 bits per heavy atom. The van der Waals surface area contributed by atoms with Gasteiger partial charge in [0.05, 0.1) is 6.54 Å². The molecule has 160 valence electrons. The van der Waals surface area contributed by atoms with E-state index in [4.69, 9.17) is 0 Å². The third kappa shape index (κ3) is 6.32. The molecule has 1 aromatic rings. The fraction of sp³-hybridized carbons (Fsp3) is 0.571. The van der Waals surface area contributed by atoms with Gasteiger partial charge in [0, 0.05) is 46.7 Å².